The summed E-state index contributed by atoms with van der Waals surface area (Å²) in [6.45, 7) is 0. The summed E-state index contributed by atoms with van der Waals surface area (Å²) in [5, 5.41) is 8.72. The van der Waals surface area contributed by atoms with Crippen molar-refractivity contribution in [1.29, 1.82) is 0 Å². The number of methoxy groups -OCH3 is 2. The van der Waals surface area contributed by atoms with Crippen LogP contribution in [0.15, 0.2) is 56.6 Å². The Labute approximate surface area is 152 Å². The van der Waals surface area contributed by atoms with E-state index >= 15 is 0 Å². The highest BCUT2D eigenvalue weighted by Crippen LogP contribution is 2.31. The van der Waals surface area contributed by atoms with Gasteiger partial charge in [-0.2, -0.15) is 0 Å². The van der Waals surface area contributed by atoms with E-state index in [1.807, 2.05) is 24.3 Å². The number of benzene rings is 2. The predicted octanol–water partition coefficient (Wildman–Crippen LogP) is 4.81. The molecule has 24 heavy (non-hydrogen) atoms. The van der Waals surface area contributed by atoms with E-state index in [4.69, 9.17) is 13.9 Å². The van der Waals surface area contributed by atoms with Gasteiger partial charge in [0.05, 0.1) is 14.2 Å². The van der Waals surface area contributed by atoms with Crippen LogP contribution in [0.4, 0.5) is 0 Å². The second-order valence-corrected chi connectivity index (χ2v) is 6.74. The molecule has 0 fully saturated rings. The van der Waals surface area contributed by atoms with Crippen molar-refractivity contribution in [3.05, 3.63) is 52.5 Å². The molecule has 2 aromatic carbocycles. The first-order valence-electron chi connectivity index (χ1n) is 7.12. The highest BCUT2D eigenvalue weighted by atomic mass is 79.9. The average molecular weight is 407 g/mol. The number of rotatable bonds is 6. The third-order valence-corrected chi connectivity index (χ3v) is 4.64. The van der Waals surface area contributed by atoms with Gasteiger partial charge in [0.15, 0.2) is 0 Å². The molecule has 1 aromatic heterocycles. The van der Waals surface area contributed by atoms with Gasteiger partial charge in [0.2, 0.25) is 5.89 Å². The Morgan fingerprint density at radius 1 is 1.04 bits per heavy atom. The minimum atomic E-state index is 0.434. The molecule has 0 aliphatic heterocycles. The smallest absolute Gasteiger partial charge is 0.277 e. The van der Waals surface area contributed by atoms with E-state index < -0.39 is 0 Å². The quantitative estimate of drug-likeness (QED) is 0.547. The summed E-state index contributed by atoms with van der Waals surface area (Å²) in [6, 6.07) is 13.6. The largest absolute Gasteiger partial charge is 0.497 e. The average Bonchev–Trinajstić information content (AvgIpc) is 3.08. The standard InChI is InChI=1S/C17H15BrN2O3S/c1-21-14-7-12(8-15(9-14)22-2)16-19-20-17(23-16)24-10-11-4-3-5-13(18)6-11/h3-9H,10H2,1-2H3. The molecule has 0 aliphatic carbocycles. The third-order valence-electron chi connectivity index (χ3n) is 3.26. The number of thioether (sulfide) groups is 1. The molecule has 0 unspecified atom stereocenters. The van der Waals surface area contributed by atoms with Gasteiger partial charge in [-0.25, -0.2) is 0 Å². The maximum atomic E-state index is 5.74. The second-order valence-electron chi connectivity index (χ2n) is 4.89. The number of ether oxygens (including phenoxy) is 2. The number of halogens is 1. The molecule has 0 spiro atoms. The second kappa shape index (κ2) is 7.72. The highest BCUT2D eigenvalue weighted by molar-refractivity contribution is 9.10. The maximum absolute atomic E-state index is 5.74. The molecule has 0 saturated heterocycles. The Hall–Kier alpha value is -1.99. The lowest BCUT2D eigenvalue weighted by molar-refractivity contribution is 0.394. The van der Waals surface area contributed by atoms with Crippen LogP contribution in [0.25, 0.3) is 11.5 Å². The van der Waals surface area contributed by atoms with E-state index in [1.54, 1.807) is 20.3 Å². The van der Waals surface area contributed by atoms with Gasteiger partial charge in [-0.15, -0.1) is 10.2 Å². The van der Waals surface area contributed by atoms with E-state index in [1.165, 1.54) is 17.3 Å². The molecule has 1 heterocycles. The summed E-state index contributed by atoms with van der Waals surface area (Å²) in [5.41, 5.74) is 1.94. The Morgan fingerprint density at radius 2 is 1.79 bits per heavy atom. The van der Waals surface area contributed by atoms with Gasteiger partial charge in [-0.3, -0.25) is 0 Å². The molecule has 124 valence electrons. The normalized spacial score (nSPS) is 10.6. The first kappa shape index (κ1) is 16.9. The lowest BCUT2D eigenvalue weighted by Crippen LogP contribution is -1.88. The Balaban J connectivity index is 1.75. The summed E-state index contributed by atoms with van der Waals surface area (Å²) in [4.78, 5) is 0. The van der Waals surface area contributed by atoms with Crippen LogP contribution in [0.3, 0.4) is 0 Å². The molecule has 0 aliphatic rings. The third kappa shape index (κ3) is 4.10. The molecule has 7 heteroatoms. The molecule has 0 amide bonds. The van der Waals surface area contributed by atoms with Gasteiger partial charge in [0.25, 0.3) is 5.22 Å². The summed E-state index contributed by atoms with van der Waals surface area (Å²) in [5.74, 6) is 2.53. The Kier molecular flexibility index (Phi) is 5.42. The monoisotopic (exact) mass is 406 g/mol. The summed E-state index contributed by atoms with van der Waals surface area (Å²) < 4.78 is 17.3. The van der Waals surface area contributed by atoms with E-state index in [0.717, 1.165) is 15.8 Å². The van der Waals surface area contributed by atoms with Crippen molar-refractivity contribution in [3.8, 4) is 23.0 Å². The molecular weight excluding hydrogens is 392 g/mol. The summed E-state index contributed by atoms with van der Waals surface area (Å²) >= 11 is 4.96. The van der Waals surface area contributed by atoms with E-state index in [2.05, 4.69) is 38.3 Å². The minimum Gasteiger partial charge on any atom is -0.497 e. The van der Waals surface area contributed by atoms with Crippen LogP contribution < -0.4 is 9.47 Å². The van der Waals surface area contributed by atoms with Gasteiger partial charge in [0.1, 0.15) is 11.5 Å². The van der Waals surface area contributed by atoms with E-state index in [9.17, 15) is 0 Å². The molecule has 0 N–H and O–H groups in total. The predicted molar refractivity (Wildman–Crippen MR) is 96.5 cm³/mol. The molecule has 5 nitrogen and oxygen atoms in total. The molecule has 0 bridgehead atoms. The van der Waals surface area contributed by atoms with Crippen molar-refractivity contribution in [2.75, 3.05) is 14.2 Å². The van der Waals surface area contributed by atoms with Crippen molar-refractivity contribution >= 4 is 27.7 Å². The van der Waals surface area contributed by atoms with E-state index in [0.29, 0.717) is 22.6 Å². The number of hydrogen-bond acceptors (Lipinski definition) is 6. The Morgan fingerprint density at radius 3 is 2.46 bits per heavy atom. The molecular formula is C17H15BrN2O3S. The zero-order chi connectivity index (χ0) is 16.9. The lowest BCUT2D eigenvalue weighted by atomic mass is 10.2. The molecule has 3 rings (SSSR count). The van der Waals surface area contributed by atoms with Crippen LogP contribution in [0, 0.1) is 0 Å². The molecule has 0 saturated carbocycles. The zero-order valence-electron chi connectivity index (χ0n) is 13.2. The summed E-state index contributed by atoms with van der Waals surface area (Å²) in [6.07, 6.45) is 0. The lowest BCUT2D eigenvalue weighted by Gasteiger charge is -2.05. The van der Waals surface area contributed by atoms with Crippen LogP contribution in [0.2, 0.25) is 0 Å². The topological polar surface area (TPSA) is 57.4 Å². The van der Waals surface area contributed by atoms with Gasteiger partial charge < -0.3 is 13.9 Å². The first-order chi connectivity index (χ1) is 11.7. The van der Waals surface area contributed by atoms with Crippen LogP contribution in [-0.2, 0) is 5.75 Å². The van der Waals surface area contributed by atoms with E-state index in [-0.39, 0.29) is 0 Å². The molecule has 0 atom stereocenters. The SMILES string of the molecule is COc1cc(OC)cc(-c2nnc(SCc3cccc(Br)c3)o2)c1. The molecule has 0 radical (unpaired) electrons. The fraction of sp³-hybridized carbons (Fsp3) is 0.176. The summed E-state index contributed by atoms with van der Waals surface area (Å²) in [7, 11) is 3.21. The van der Waals surface area contributed by atoms with Gasteiger partial charge in [-0.05, 0) is 29.8 Å². The van der Waals surface area contributed by atoms with Crippen LogP contribution in [0.1, 0.15) is 5.56 Å². The van der Waals surface area contributed by atoms with Gasteiger partial charge >= 0.3 is 0 Å². The van der Waals surface area contributed by atoms with Gasteiger partial charge in [-0.1, -0.05) is 39.8 Å². The van der Waals surface area contributed by atoms with Crippen molar-refractivity contribution < 1.29 is 13.9 Å². The van der Waals surface area contributed by atoms with Crippen LogP contribution in [0.5, 0.6) is 11.5 Å². The van der Waals surface area contributed by atoms with Crippen LogP contribution >= 0.6 is 27.7 Å². The molecule has 3 aromatic rings. The fourth-order valence-corrected chi connectivity index (χ4v) is 3.24. The first-order valence-corrected chi connectivity index (χ1v) is 8.90. The van der Waals surface area contributed by atoms with Crippen molar-refractivity contribution in [2.45, 2.75) is 11.0 Å². The maximum Gasteiger partial charge on any atom is 0.277 e. The number of aromatic nitrogens is 2. The fourth-order valence-electron chi connectivity index (χ4n) is 2.09. The van der Waals surface area contributed by atoms with Crippen LogP contribution in [-0.4, -0.2) is 24.4 Å². The number of hydrogen-bond donors (Lipinski definition) is 0. The Bertz CT molecular complexity index is 816. The van der Waals surface area contributed by atoms with Crippen molar-refractivity contribution in [2.24, 2.45) is 0 Å². The highest BCUT2D eigenvalue weighted by Gasteiger charge is 2.12. The van der Waals surface area contributed by atoms with Crippen molar-refractivity contribution in [1.82, 2.24) is 10.2 Å². The number of nitrogens with zero attached hydrogens (tertiary/aromatic N) is 2. The van der Waals surface area contributed by atoms with Gasteiger partial charge in [0, 0.05) is 21.9 Å². The zero-order valence-corrected chi connectivity index (χ0v) is 15.6. The van der Waals surface area contributed by atoms with Crippen molar-refractivity contribution in [3.63, 3.8) is 0 Å². The minimum absolute atomic E-state index is 0.434.